The Kier molecular flexibility index (Phi) is 5.99. The standard InChI is InChI=1S/C10H21N5O/c1-14(6-4-11-5-7-16-3)8-10-12-9-13-15(10)2/h9,11H,4-8H2,1-3H3. The van der Waals surface area contributed by atoms with E-state index >= 15 is 0 Å². The fourth-order valence-corrected chi connectivity index (χ4v) is 1.35. The second-order valence-corrected chi connectivity index (χ2v) is 3.78. The second kappa shape index (κ2) is 7.32. The van der Waals surface area contributed by atoms with Crippen LogP contribution >= 0.6 is 0 Å². The predicted octanol–water partition coefficient (Wildman–Crippen LogP) is -0.517. The van der Waals surface area contributed by atoms with E-state index in [1.165, 1.54) is 0 Å². The molecule has 0 atom stereocenters. The van der Waals surface area contributed by atoms with Crippen LogP contribution in [0.1, 0.15) is 5.82 Å². The van der Waals surface area contributed by atoms with E-state index < -0.39 is 0 Å². The number of ether oxygens (including phenoxy) is 1. The zero-order chi connectivity index (χ0) is 11.8. The Bertz CT molecular complexity index is 288. The van der Waals surface area contributed by atoms with Crippen molar-refractivity contribution in [3.05, 3.63) is 12.2 Å². The Morgan fingerprint density at radius 2 is 2.31 bits per heavy atom. The molecule has 0 aliphatic rings. The van der Waals surface area contributed by atoms with Crippen LogP contribution < -0.4 is 5.32 Å². The number of hydrogen-bond donors (Lipinski definition) is 1. The van der Waals surface area contributed by atoms with Crippen molar-refractivity contribution < 1.29 is 4.74 Å². The molecule has 1 aromatic heterocycles. The van der Waals surface area contributed by atoms with Gasteiger partial charge < -0.3 is 10.1 Å². The van der Waals surface area contributed by atoms with Gasteiger partial charge in [-0.05, 0) is 7.05 Å². The third kappa shape index (κ3) is 4.69. The first-order valence-corrected chi connectivity index (χ1v) is 5.45. The zero-order valence-electron chi connectivity index (χ0n) is 10.3. The predicted molar refractivity (Wildman–Crippen MR) is 62.1 cm³/mol. The molecule has 0 aliphatic heterocycles. The van der Waals surface area contributed by atoms with Gasteiger partial charge in [-0.25, -0.2) is 4.98 Å². The number of rotatable bonds is 8. The van der Waals surface area contributed by atoms with E-state index in [-0.39, 0.29) is 0 Å². The molecule has 1 N–H and O–H groups in total. The number of methoxy groups -OCH3 is 1. The summed E-state index contributed by atoms with van der Waals surface area (Å²) in [5.74, 6) is 0.986. The molecule has 6 nitrogen and oxygen atoms in total. The van der Waals surface area contributed by atoms with Gasteiger partial charge >= 0.3 is 0 Å². The van der Waals surface area contributed by atoms with Crippen LogP contribution in [0.4, 0.5) is 0 Å². The highest BCUT2D eigenvalue weighted by atomic mass is 16.5. The van der Waals surface area contributed by atoms with Gasteiger partial charge in [-0.1, -0.05) is 0 Å². The SMILES string of the molecule is COCCNCCN(C)Cc1ncnn1C. The minimum absolute atomic E-state index is 0.757. The first kappa shape index (κ1) is 13.1. The first-order chi connectivity index (χ1) is 7.74. The molecular weight excluding hydrogens is 206 g/mol. The van der Waals surface area contributed by atoms with Crippen molar-refractivity contribution in [2.75, 3.05) is 40.4 Å². The number of nitrogens with zero attached hydrogens (tertiary/aromatic N) is 4. The Morgan fingerprint density at radius 3 is 2.94 bits per heavy atom. The maximum atomic E-state index is 4.95. The van der Waals surface area contributed by atoms with Gasteiger partial charge in [0, 0.05) is 33.8 Å². The van der Waals surface area contributed by atoms with Crippen molar-refractivity contribution in [3.63, 3.8) is 0 Å². The van der Waals surface area contributed by atoms with Gasteiger partial charge in [-0.3, -0.25) is 9.58 Å². The van der Waals surface area contributed by atoms with Crippen LogP contribution in [0.15, 0.2) is 6.33 Å². The van der Waals surface area contributed by atoms with Crippen LogP contribution in [0, 0.1) is 0 Å². The average Bonchev–Trinajstić information content (AvgIpc) is 2.64. The largest absolute Gasteiger partial charge is 0.383 e. The molecule has 0 spiro atoms. The Balaban J connectivity index is 2.11. The molecule has 0 saturated carbocycles. The van der Waals surface area contributed by atoms with Crippen LogP contribution in [0.3, 0.4) is 0 Å². The summed E-state index contributed by atoms with van der Waals surface area (Å²) in [4.78, 5) is 6.40. The summed E-state index contributed by atoms with van der Waals surface area (Å²) >= 11 is 0. The molecule has 0 unspecified atom stereocenters. The highest BCUT2D eigenvalue weighted by molar-refractivity contribution is 4.82. The van der Waals surface area contributed by atoms with Gasteiger partial charge in [-0.2, -0.15) is 5.10 Å². The lowest BCUT2D eigenvalue weighted by atomic mass is 10.4. The monoisotopic (exact) mass is 227 g/mol. The molecule has 0 aromatic carbocycles. The summed E-state index contributed by atoms with van der Waals surface area (Å²) in [5, 5.41) is 7.34. The van der Waals surface area contributed by atoms with Crippen LogP contribution in [-0.4, -0.2) is 60.1 Å². The van der Waals surface area contributed by atoms with E-state index in [2.05, 4.69) is 27.3 Å². The number of likely N-dealkylation sites (N-methyl/N-ethyl adjacent to an activating group) is 1. The minimum atomic E-state index is 0.757. The lowest BCUT2D eigenvalue weighted by molar-refractivity contribution is 0.197. The maximum Gasteiger partial charge on any atom is 0.140 e. The van der Waals surface area contributed by atoms with E-state index in [4.69, 9.17) is 4.74 Å². The molecular formula is C10H21N5O. The molecule has 0 amide bonds. The summed E-state index contributed by atoms with van der Waals surface area (Å²) in [6, 6.07) is 0. The van der Waals surface area contributed by atoms with Gasteiger partial charge in [0.25, 0.3) is 0 Å². The van der Waals surface area contributed by atoms with Crippen LogP contribution in [0.2, 0.25) is 0 Å². The van der Waals surface area contributed by atoms with Gasteiger partial charge in [0.05, 0.1) is 13.2 Å². The van der Waals surface area contributed by atoms with Crippen LogP contribution in [0.25, 0.3) is 0 Å². The van der Waals surface area contributed by atoms with E-state index in [1.54, 1.807) is 18.1 Å². The Morgan fingerprint density at radius 1 is 1.50 bits per heavy atom. The van der Waals surface area contributed by atoms with Crippen molar-refractivity contribution in [1.82, 2.24) is 25.0 Å². The smallest absolute Gasteiger partial charge is 0.140 e. The Hall–Kier alpha value is -0.980. The molecule has 6 heteroatoms. The molecule has 0 bridgehead atoms. The highest BCUT2D eigenvalue weighted by Gasteiger charge is 2.04. The molecule has 0 saturated heterocycles. The number of hydrogen-bond acceptors (Lipinski definition) is 5. The van der Waals surface area contributed by atoms with Crippen molar-refractivity contribution in [1.29, 1.82) is 0 Å². The fourth-order valence-electron chi connectivity index (χ4n) is 1.35. The summed E-state index contributed by atoms with van der Waals surface area (Å²) in [7, 11) is 5.70. The van der Waals surface area contributed by atoms with Crippen LogP contribution in [0.5, 0.6) is 0 Å². The van der Waals surface area contributed by atoms with E-state index in [0.29, 0.717) is 0 Å². The van der Waals surface area contributed by atoms with Gasteiger partial charge in [-0.15, -0.1) is 0 Å². The minimum Gasteiger partial charge on any atom is -0.383 e. The number of aromatic nitrogens is 3. The summed E-state index contributed by atoms with van der Waals surface area (Å²) in [5.41, 5.74) is 0. The molecule has 1 rings (SSSR count). The molecule has 0 radical (unpaired) electrons. The topological polar surface area (TPSA) is 55.2 Å². The van der Waals surface area contributed by atoms with Gasteiger partial charge in [0.2, 0.25) is 0 Å². The molecule has 1 aromatic rings. The highest BCUT2D eigenvalue weighted by Crippen LogP contribution is 1.95. The van der Waals surface area contributed by atoms with Crippen LogP contribution in [-0.2, 0) is 18.3 Å². The quantitative estimate of drug-likeness (QED) is 0.606. The fraction of sp³-hybridized carbons (Fsp3) is 0.800. The van der Waals surface area contributed by atoms with E-state index in [1.807, 2.05) is 7.05 Å². The molecule has 0 aliphatic carbocycles. The third-order valence-electron chi connectivity index (χ3n) is 2.37. The number of aryl methyl sites for hydroxylation is 1. The van der Waals surface area contributed by atoms with E-state index in [0.717, 1.165) is 38.6 Å². The van der Waals surface area contributed by atoms with Crippen molar-refractivity contribution in [2.45, 2.75) is 6.54 Å². The lowest BCUT2D eigenvalue weighted by Crippen LogP contribution is -2.31. The maximum absolute atomic E-state index is 4.95. The van der Waals surface area contributed by atoms with Crippen molar-refractivity contribution in [2.24, 2.45) is 7.05 Å². The van der Waals surface area contributed by atoms with Gasteiger partial charge in [0.15, 0.2) is 0 Å². The van der Waals surface area contributed by atoms with Gasteiger partial charge in [0.1, 0.15) is 12.2 Å². The molecule has 1 heterocycles. The van der Waals surface area contributed by atoms with Crippen molar-refractivity contribution >= 4 is 0 Å². The normalized spacial score (nSPS) is 11.2. The number of nitrogens with one attached hydrogen (secondary N) is 1. The summed E-state index contributed by atoms with van der Waals surface area (Å²) < 4.78 is 6.75. The van der Waals surface area contributed by atoms with Crippen molar-refractivity contribution in [3.8, 4) is 0 Å². The zero-order valence-corrected chi connectivity index (χ0v) is 10.3. The molecule has 16 heavy (non-hydrogen) atoms. The summed E-state index contributed by atoms with van der Waals surface area (Å²) in [6.45, 7) is 4.41. The molecule has 0 fully saturated rings. The average molecular weight is 227 g/mol. The second-order valence-electron chi connectivity index (χ2n) is 3.78. The first-order valence-electron chi connectivity index (χ1n) is 5.45. The molecule has 92 valence electrons. The lowest BCUT2D eigenvalue weighted by Gasteiger charge is -2.16. The summed E-state index contributed by atoms with van der Waals surface area (Å²) in [6.07, 6.45) is 1.58. The van der Waals surface area contributed by atoms with E-state index in [9.17, 15) is 0 Å². The third-order valence-corrected chi connectivity index (χ3v) is 2.37. The Labute approximate surface area is 96.6 Å².